The van der Waals surface area contributed by atoms with Crippen LogP contribution in [0.1, 0.15) is 6.92 Å². The van der Waals surface area contributed by atoms with E-state index >= 15 is 0 Å². The van der Waals surface area contributed by atoms with Gasteiger partial charge >= 0.3 is 0 Å². The van der Waals surface area contributed by atoms with Crippen molar-refractivity contribution >= 4 is 27.2 Å². The van der Waals surface area contributed by atoms with Gasteiger partial charge in [0.15, 0.2) is 0 Å². The third-order valence-corrected chi connectivity index (χ3v) is 6.78. The Balaban J connectivity index is 1.04. The topological polar surface area (TPSA) is 47.1 Å². The van der Waals surface area contributed by atoms with Gasteiger partial charge < -0.3 is 19.1 Å². The van der Waals surface area contributed by atoms with E-state index in [0.717, 1.165) is 60.2 Å². The molecule has 3 aromatic carbocycles. The van der Waals surface area contributed by atoms with Crippen LogP contribution in [0.4, 0.5) is 5.69 Å². The lowest BCUT2D eigenvalue weighted by Gasteiger charge is -2.36. The van der Waals surface area contributed by atoms with Gasteiger partial charge in [-0.15, -0.1) is 0 Å². The Labute approximate surface area is 204 Å². The Morgan fingerprint density at radius 2 is 1.47 bits per heavy atom. The zero-order valence-corrected chi connectivity index (χ0v) is 20.2. The second kappa shape index (κ2) is 10.8. The first-order valence-electron chi connectivity index (χ1n) is 11.7. The number of piperazine rings is 1. The second-order valence-corrected chi connectivity index (χ2v) is 9.12. The minimum Gasteiger partial charge on any atom is -0.494 e. The molecular weight excluding hydrogens is 446 g/mol. The highest BCUT2D eigenvalue weighted by atomic mass is 32.1. The minimum atomic E-state index is 0.652. The van der Waals surface area contributed by atoms with Crippen molar-refractivity contribution in [2.75, 3.05) is 50.8 Å². The zero-order valence-electron chi connectivity index (χ0n) is 19.4. The number of anilines is 1. The maximum Gasteiger partial charge on any atom is 0.279 e. The van der Waals surface area contributed by atoms with Crippen LogP contribution >= 0.6 is 11.3 Å². The molecule has 0 N–H and O–H groups in total. The zero-order chi connectivity index (χ0) is 23.2. The molecule has 2 heterocycles. The fourth-order valence-corrected chi connectivity index (χ4v) is 4.88. The van der Waals surface area contributed by atoms with Gasteiger partial charge in [-0.1, -0.05) is 23.5 Å². The molecule has 5 rings (SSSR count). The summed E-state index contributed by atoms with van der Waals surface area (Å²) in [6.45, 7) is 8.39. The molecule has 7 heteroatoms. The molecule has 0 amide bonds. The molecule has 1 fully saturated rings. The standard InChI is InChI=1S/C27H29N3O3S/c1-2-31-22-9-7-21(8-10-22)30-17-15-29(16-18-30)19-20-32-23-11-13-24(14-12-23)33-27-28-25-5-3-4-6-26(25)34-27/h3-14H,2,15-20H2,1H3. The molecule has 4 aromatic rings. The number of benzene rings is 3. The molecule has 176 valence electrons. The van der Waals surface area contributed by atoms with Crippen molar-refractivity contribution in [2.24, 2.45) is 0 Å². The largest absolute Gasteiger partial charge is 0.494 e. The second-order valence-electron chi connectivity index (χ2n) is 8.13. The predicted molar refractivity (Wildman–Crippen MR) is 138 cm³/mol. The highest BCUT2D eigenvalue weighted by Crippen LogP contribution is 2.31. The fraction of sp³-hybridized carbons (Fsp3) is 0.296. The van der Waals surface area contributed by atoms with Crippen molar-refractivity contribution in [1.82, 2.24) is 9.88 Å². The van der Waals surface area contributed by atoms with Crippen molar-refractivity contribution in [3.8, 4) is 22.4 Å². The third kappa shape index (κ3) is 5.61. The van der Waals surface area contributed by atoms with Gasteiger partial charge in [0.05, 0.1) is 16.8 Å². The Morgan fingerprint density at radius 1 is 0.794 bits per heavy atom. The summed E-state index contributed by atoms with van der Waals surface area (Å²) in [4.78, 5) is 9.40. The SMILES string of the molecule is CCOc1ccc(N2CCN(CCOc3ccc(Oc4nc5ccccc5s4)cc3)CC2)cc1. The van der Waals surface area contributed by atoms with E-state index in [9.17, 15) is 0 Å². The van der Waals surface area contributed by atoms with Crippen LogP contribution in [0.5, 0.6) is 22.4 Å². The van der Waals surface area contributed by atoms with E-state index < -0.39 is 0 Å². The van der Waals surface area contributed by atoms with Gasteiger partial charge in [0, 0.05) is 38.4 Å². The number of para-hydroxylation sites is 1. The van der Waals surface area contributed by atoms with Crippen LogP contribution < -0.4 is 19.1 Å². The summed E-state index contributed by atoms with van der Waals surface area (Å²) >= 11 is 1.55. The van der Waals surface area contributed by atoms with Crippen LogP contribution in [0.3, 0.4) is 0 Å². The molecule has 6 nitrogen and oxygen atoms in total. The van der Waals surface area contributed by atoms with Gasteiger partial charge in [-0.05, 0) is 67.6 Å². The molecule has 0 radical (unpaired) electrons. The van der Waals surface area contributed by atoms with Crippen LogP contribution in [0.2, 0.25) is 0 Å². The lowest BCUT2D eigenvalue weighted by molar-refractivity contribution is 0.200. The molecule has 0 bridgehead atoms. The summed E-state index contributed by atoms with van der Waals surface area (Å²) in [5.41, 5.74) is 2.22. The van der Waals surface area contributed by atoms with Gasteiger partial charge in [0.1, 0.15) is 23.9 Å². The fourth-order valence-electron chi connectivity index (χ4n) is 4.04. The third-order valence-electron chi connectivity index (χ3n) is 5.86. The molecule has 0 saturated carbocycles. The van der Waals surface area contributed by atoms with Gasteiger partial charge in [-0.3, -0.25) is 4.90 Å². The van der Waals surface area contributed by atoms with Crippen LogP contribution in [-0.2, 0) is 0 Å². The van der Waals surface area contributed by atoms with E-state index in [0.29, 0.717) is 18.4 Å². The summed E-state index contributed by atoms with van der Waals surface area (Å²) in [6, 6.07) is 24.2. The molecule has 0 atom stereocenters. The van der Waals surface area contributed by atoms with Crippen molar-refractivity contribution in [3.05, 3.63) is 72.8 Å². The highest BCUT2D eigenvalue weighted by molar-refractivity contribution is 7.20. The average molecular weight is 476 g/mol. The summed E-state index contributed by atoms with van der Waals surface area (Å²) in [5.74, 6) is 2.54. The van der Waals surface area contributed by atoms with Crippen LogP contribution in [0, 0.1) is 0 Å². The van der Waals surface area contributed by atoms with Gasteiger partial charge in [-0.25, -0.2) is 4.98 Å². The summed E-state index contributed by atoms with van der Waals surface area (Å²) in [5, 5.41) is 0.652. The summed E-state index contributed by atoms with van der Waals surface area (Å²) in [7, 11) is 0. The van der Waals surface area contributed by atoms with Gasteiger partial charge in [-0.2, -0.15) is 0 Å². The number of rotatable bonds is 9. The van der Waals surface area contributed by atoms with Crippen LogP contribution in [0.25, 0.3) is 10.2 Å². The average Bonchev–Trinajstić information content (AvgIpc) is 3.29. The number of thiazole rings is 1. The molecule has 0 unspecified atom stereocenters. The van der Waals surface area contributed by atoms with Crippen LogP contribution in [-0.4, -0.2) is 55.8 Å². The van der Waals surface area contributed by atoms with E-state index in [1.807, 2.05) is 61.5 Å². The first-order valence-corrected chi connectivity index (χ1v) is 12.5. The first kappa shape index (κ1) is 22.5. The molecule has 0 aliphatic carbocycles. The Hall–Kier alpha value is -3.29. The highest BCUT2D eigenvalue weighted by Gasteiger charge is 2.17. The number of hydrogen-bond acceptors (Lipinski definition) is 7. The minimum absolute atomic E-state index is 0.652. The number of hydrogen-bond donors (Lipinski definition) is 0. The van der Waals surface area contributed by atoms with E-state index in [1.165, 1.54) is 5.69 Å². The van der Waals surface area contributed by atoms with Crippen molar-refractivity contribution in [3.63, 3.8) is 0 Å². The van der Waals surface area contributed by atoms with E-state index in [2.05, 4.69) is 33.0 Å². The Kier molecular flexibility index (Phi) is 7.12. The van der Waals surface area contributed by atoms with Crippen molar-refractivity contribution in [2.45, 2.75) is 6.92 Å². The number of fused-ring (bicyclic) bond motifs is 1. The van der Waals surface area contributed by atoms with Gasteiger partial charge in [0.25, 0.3) is 5.19 Å². The summed E-state index contributed by atoms with van der Waals surface area (Å²) in [6.07, 6.45) is 0. The molecule has 1 saturated heterocycles. The maximum absolute atomic E-state index is 5.97. The molecule has 1 aromatic heterocycles. The Bertz CT molecular complexity index is 1150. The number of ether oxygens (including phenoxy) is 3. The molecule has 1 aliphatic heterocycles. The normalized spacial score (nSPS) is 14.3. The molecule has 1 aliphatic rings. The molecule has 34 heavy (non-hydrogen) atoms. The van der Waals surface area contributed by atoms with Gasteiger partial charge in [0.2, 0.25) is 0 Å². The maximum atomic E-state index is 5.97. The van der Waals surface area contributed by atoms with Crippen LogP contribution in [0.15, 0.2) is 72.8 Å². The first-order chi connectivity index (χ1) is 16.8. The van der Waals surface area contributed by atoms with E-state index in [4.69, 9.17) is 14.2 Å². The predicted octanol–water partition coefficient (Wildman–Crippen LogP) is 5.69. The monoisotopic (exact) mass is 475 g/mol. The quantitative estimate of drug-likeness (QED) is 0.310. The molecular formula is C27H29N3O3S. The van der Waals surface area contributed by atoms with Crippen molar-refractivity contribution in [1.29, 1.82) is 0 Å². The number of aromatic nitrogens is 1. The summed E-state index contributed by atoms with van der Waals surface area (Å²) < 4.78 is 18.6. The number of nitrogens with zero attached hydrogens (tertiary/aromatic N) is 3. The van der Waals surface area contributed by atoms with E-state index in [1.54, 1.807) is 11.3 Å². The lowest BCUT2D eigenvalue weighted by atomic mass is 10.2. The lowest BCUT2D eigenvalue weighted by Crippen LogP contribution is -2.47. The van der Waals surface area contributed by atoms with E-state index in [-0.39, 0.29) is 0 Å². The smallest absolute Gasteiger partial charge is 0.279 e. The molecule has 0 spiro atoms. The Morgan fingerprint density at radius 3 is 2.21 bits per heavy atom. The van der Waals surface area contributed by atoms with Crippen molar-refractivity contribution < 1.29 is 14.2 Å².